The number of methoxy groups -OCH3 is 2. The fraction of sp³-hybridized carbons (Fsp3) is 0.238. The normalized spacial score (nSPS) is 19.4. The van der Waals surface area contributed by atoms with Crippen molar-refractivity contribution in [2.75, 3.05) is 19.1 Å². The van der Waals surface area contributed by atoms with Crippen LogP contribution in [0, 0.1) is 5.82 Å². The zero-order valence-electron chi connectivity index (χ0n) is 17.5. The molecule has 1 fully saturated rings. The molecule has 3 aromatic rings. The minimum Gasteiger partial charge on any atom is -0.497 e. The Kier molecular flexibility index (Phi) is 4.96. The van der Waals surface area contributed by atoms with Crippen molar-refractivity contribution in [2.45, 2.75) is 18.6 Å². The predicted molar refractivity (Wildman–Crippen MR) is 110 cm³/mol. The van der Waals surface area contributed by atoms with Gasteiger partial charge in [0.25, 0.3) is 11.8 Å². The quantitative estimate of drug-likeness (QED) is 0.523. The maximum Gasteiger partial charge on any atom is 0.263 e. The number of anilines is 1. The van der Waals surface area contributed by atoms with Gasteiger partial charge in [0, 0.05) is 6.07 Å². The molecule has 3 heterocycles. The monoisotopic (exact) mass is 452 g/mol. The van der Waals surface area contributed by atoms with Crippen molar-refractivity contribution in [3.8, 4) is 22.9 Å². The first kappa shape index (κ1) is 20.5. The number of hydrogen-bond acceptors (Lipinski definition) is 10. The Bertz CT molecular complexity index is 1280. The number of ether oxygens (including phenoxy) is 2. The number of aromatic nitrogens is 2. The molecule has 2 atom stereocenters. The lowest BCUT2D eigenvalue weighted by molar-refractivity contribution is -0.123. The summed E-state index contributed by atoms with van der Waals surface area (Å²) in [6.07, 6.45) is 0. The van der Waals surface area contributed by atoms with Crippen molar-refractivity contribution in [3.63, 3.8) is 0 Å². The Morgan fingerprint density at radius 3 is 2.70 bits per heavy atom. The lowest BCUT2D eigenvalue weighted by Gasteiger charge is -2.19. The lowest BCUT2D eigenvalue weighted by atomic mass is 10.1. The number of hydrogen-bond donors (Lipinski definition) is 0. The molecule has 0 aliphatic carbocycles. The van der Waals surface area contributed by atoms with Gasteiger partial charge in [0.05, 0.1) is 25.5 Å². The van der Waals surface area contributed by atoms with Crippen molar-refractivity contribution in [2.24, 2.45) is 10.3 Å². The standard InChI is InChI=1S/C21H17FN6O5/c1-31-13-6-7-14(15(9-13)32-2)19-23-16(33-25-19)10-27-18-17(24-26-27)20(29)28(21(18)30)12-5-3-4-11(22)8-12/h3-9,17-18H,10H2,1-2H3/t17-,18+/m1/s1. The SMILES string of the molecule is COc1ccc(-c2noc(CN3N=N[C@H]4C(=O)N(c5cccc(F)c5)C(=O)[C@H]43)n2)c(OC)c1. The molecule has 0 unspecified atom stereocenters. The van der Waals surface area contributed by atoms with E-state index in [1.807, 2.05) is 0 Å². The van der Waals surface area contributed by atoms with E-state index in [-0.39, 0.29) is 23.9 Å². The number of carbonyl (C=O) groups is 2. The number of nitrogens with zero attached hydrogens (tertiary/aromatic N) is 6. The van der Waals surface area contributed by atoms with Crippen LogP contribution in [0.4, 0.5) is 10.1 Å². The Morgan fingerprint density at radius 2 is 1.94 bits per heavy atom. The summed E-state index contributed by atoms with van der Waals surface area (Å²) < 4.78 is 29.5. The highest BCUT2D eigenvalue weighted by Crippen LogP contribution is 2.34. The molecule has 1 aromatic heterocycles. The molecule has 2 aliphatic heterocycles. The summed E-state index contributed by atoms with van der Waals surface area (Å²) in [6.45, 7) is -0.0495. The van der Waals surface area contributed by atoms with Crippen LogP contribution in [0.5, 0.6) is 11.5 Å². The average Bonchev–Trinajstić information content (AvgIpc) is 3.51. The fourth-order valence-corrected chi connectivity index (χ4v) is 3.77. The second-order valence-corrected chi connectivity index (χ2v) is 7.26. The molecule has 12 heteroatoms. The molecular weight excluding hydrogens is 435 g/mol. The maximum atomic E-state index is 13.6. The van der Waals surface area contributed by atoms with Crippen molar-refractivity contribution in [3.05, 3.63) is 54.2 Å². The van der Waals surface area contributed by atoms with Gasteiger partial charge in [-0.25, -0.2) is 9.29 Å². The summed E-state index contributed by atoms with van der Waals surface area (Å²) in [7, 11) is 3.06. The maximum absolute atomic E-state index is 13.6. The largest absolute Gasteiger partial charge is 0.497 e. The van der Waals surface area contributed by atoms with Gasteiger partial charge in [-0.2, -0.15) is 10.1 Å². The van der Waals surface area contributed by atoms with Gasteiger partial charge in [0.15, 0.2) is 12.1 Å². The molecule has 0 bridgehead atoms. The topological polar surface area (TPSA) is 123 Å². The number of halogens is 1. The van der Waals surface area contributed by atoms with Gasteiger partial charge in [0.2, 0.25) is 11.7 Å². The molecule has 0 saturated carbocycles. The zero-order chi connectivity index (χ0) is 23.1. The Hall–Kier alpha value is -4.35. The number of benzene rings is 2. The molecule has 0 spiro atoms. The van der Waals surface area contributed by atoms with Crippen LogP contribution >= 0.6 is 0 Å². The third-order valence-corrected chi connectivity index (χ3v) is 5.34. The van der Waals surface area contributed by atoms with Gasteiger partial charge >= 0.3 is 0 Å². The molecule has 2 aromatic carbocycles. The van der Waals surface area contributed by atoms with Crippen molar-refractivity contribution >= 4 is 17.5 Å². The van der Waals surface area contributed by atoms with E-state index in [2.05, 4.69) is 20.5 Å². The van der Waals surface area contributed by atoms with E-state index in [9.17, 15) is 14.0 Å². The third-order valence-electron chi connectivity index (χ3n) is 5.34. The second kappa shape index (κ2) is 7.97. The van der Waals surface area contributed by atoms with E-state index >= 15 is 0 Å². The van der Waals surface area contributed by atoms with E-state index in [1.165, 1.54) is 30.3 Å². The molecule has 0 radical (unpaired) electrons. The number of carbonyl (C=O) groups excluding carboxylic acids is 2. The highest BCUT2D eigenvalue weighted by Gasteiger charge is 2.55. The number of amides is 2. The van der Waals surface area contributed by atoms with Gasteiger partial charge in [-0.1, -0.05) is 16.4 Å². The third kappa shape index (κ3) is 3.45. The van der Waals surface area contributed by atoms with Crippen LogP contribution < -0.4 is 14.4 Å². The molecule has 0 N–H and O–H groups in total. The number of rotatable bonds is 6. The minimum absolute atomic E-state index is 0.0495. The van der Waals surface area contributed by atoms with E-state index in [0.29, 0.717) is 17.1 Å². The van der Waals surface area contributed by atoms with Crippen LogP contribution in [0.2, 0.25) is 0 Å². The van der Waals surface area contributed by atoms with Gasteiger partial charge in [0.1, 0.15) is 23.9 Å². The number of fused-ring (bicyclic) bond motifs is 1. The fourth-order valence-electron chi connectivity index (χ4n) is 3.77. The summed E-state index contributed by atoms with van der Waals surface area (Å²) in [5.74, 6) is -0.163. The van der Waals surface area contributed by atoms with Crippen LogP contribution in [0.1, 0.15) is 5.89 Å². The first-order chi connectivity index (χ1) is 16.0. The first-order valence-electron chi connectivity index (χ1n) is 9.86. The van der Waals surface area contributed by atoms with Crippen LogP contribution in [0.3, 0.4) is 0 Å². The first-order valence-corrected chi connectivity index (χ1v) is 9.86. The summed E-state index contributed by atoms with van der Waals surface area (Å²) in [6, 6.07) is 8.40. The Balaban J connectivity index is 1.37. The highest BCUT2D eigenvalue weighted by atomic mass is 19.1. The average molecular weight is 452 g/mol. The minimum atomic E-state index is -1.02. The van der Waals surface area contributed by atoms with E-state index in [4.69, 9.17) is 14.0 Å². The highest BCUT2D eigenvalue weighted by molar-refractivity contribution is 6.25. The van der Waals surface area contributed by atoms with Gasteiger partial charge in [-0.3, -0.25) is 14.6 Å². The molecule has 1 saturated heterocycles. The Morgan fingerprint density at radius 1 is 1.09 bits per heavy atom. The molecule has 168 valence electrons. The van der Waals surface area contributed by atoms with Crippen molar-refractivity contribution in [1.82, 2.24) is 15.1 Å². The van der Waals surface area contributed by atoms with Crippen molar-refractivity contribution in [1.29, 1.82) is 0 Å². The van der Waals surface area contributed by atoms with E-state index in [1.54, 1.807) is 25.3 Å². The lowest BCUT2D eigenvalue weighted by Crippen LogP contribution is -2.39. The molecule has 11 nitrogen and oxygen atoms in total. The molecule has 5 rings (SSSR count). The van der Waals surface area contributed by atoms with Crippen LogP contribution in [-0.2, 0) is 16.1 Å². The van der Waals surface area contributed by atoms with Crippen LogP contribution in [0.15, 0.2) is 57.3 Å². The van der Waals surface area contributed by atoms with Crippen LogP contribution in [-0.4, -0.2) is 53.3 Å². The molecule has 2 aliphatic rings. The summed E-state index contributed by atoms with van der Waals surface area (Å²) in [5, 5.41) is 13.2. The molecule has 33 heavy (non-hydrogen) atoms. The van der Waals surface area contributed by atoms with E-state index in [0.717, 1.165) is 11.0 Å². The van der Waals surface area contributed by atoms with Gasteiger partial charge in [-0.05, 0) is 30.3 Å². The van der Waals surface area contributed by atoms with Crippen LogP contribution in [0.25, 0.3) is 11.4 Å². The van der Waals surface area contributed by atoms with Gasteiger partial charge < -0.3 is 14.0 Å². The summed E-state index contributed by atoms with van der Waals surface area (Å²) in [5.41, 5.74) is 0.722. The molecular formula is C21H17FN6O5. The molecule has 2 amide bonds. The summed E-state index contributed by atoms with van der Waals surface area (Å²) in [4.78, 5) is 31.0. The predicted octanol–water partition coefficient (Wildman–Crippen LogP) is 2.39. The Labute approximate surface area is 186 Å². The van der Waals surface area contributed by atoms with Gasteiger partial charge in [-0.15, -0.1) is 0 Å². The van der Waals surface area contributed by atoms with Crippen molar-refractivity contribution < 1.29 is 28.0 Å². The second-order valence-electron chi connectivity index (χ2n) is 7.26. The smallest absolute Gasteiger partial charge is 0.263 e. The number of imide groups is 1. The summed E-state index contributed by atoms with van der Waals surface area (Å²) >= 11 is 0. The van der Waals surface area contributed by atoms with E-state index < -0.39 is 29.7 Å². The zero-order valence-corrected chi connectivity index (χ0v) is 17.5.